The van der Waals surface area contributed by atoms with Crippen molar-refractivity contribution in [2.45, 2.75) is 19.4 Å². The molecule has 0 radical (unpaired) electrons. The van der Waals surface area contributed by atoms with Gasteiger partial charge in [-0.25, -0.2) is 9.37 Å². The first kappa shape index (κ1) is 18.6. The van der Waals surface area contributed by atoms with E-state index in [-0.39, 0.29) is 11.7 Å². The lowest BCUT2D eigenvalue weighted by atomic mass is 10.1. The summed E-state index contributed by atoms with van der Waals surface area (Å²) >= 11 is 0. The van der Waals surface area contributed by atoms with Crippen LogP contribution in [-0.4, -0.2) is 17.4 Å². The smallest absolute Gasteiger partial charge is 0.251 e. The number of hydrogen-bond acceptors (Lipinski definition) is 3. The van der Waals surface area contributed by atoms with Crippen LogP contribution >= 0.6 is 0 Å². The number of pyridine rings is 1. The average molecular weight is 363 g/mol. The molecule has 0 aliphatic heterocycles. The molecule has 3 rings (SSSR count). The van der Waals surface area contributed by atoms with E-state index in [9.17, 15) is 9.18 Å². The number of rotatable bonds is 8. The zero-order valence-electron chi connectivity index (χ0n) is 15.0. The van der Waals surface area contributed by atoms with Crippen molar-refractivity contribution in [1.82, 2.24) is 10.3 Å². The second kappa shape index (κ2) is 9.48. The summed E-state index contributed by atoms with van der Waals surface area (Å²) in [5.74, 6) is 0.131. The Morgan fingerprint density at radius 1 is 1.00 bits per heavy atom. The van der Waals surface area contributed by atoms with E-state index in [4.69, 9.17) is 0 Å². The van der Waals surface area contributed by atoms with Crippen LogP contribution in [0.5, 0.6) is 0 Å². The van der Waals surface area contributed by atoms with Gasteiger partial charge in [0.1, 0.15) is 11.6 Å². The van der Waals surface area contributed by atoms with Crippen molar-refractivity contribution in [3.8, 4) is 0 Å². The normalized spacial score (nSPS) is 10.4. The van der Waals surface area contributed by atoms with Crippen molar-refractivity contribution in [2.75, 3.05) is 11.9 Å². The van der Waals surface area contributed by atoms with E-state index in [0.29, 0.717) is 30.0 Å². The van der Waals surface area contributed by atoms with E-state index in [1.807, 2.05) is 18.2 Å². The number of carbonyl (C=O) groups excluding carboxylic acids is 1. The van der Waals surface area contributed by atoms with E-state index in [0.717, 1.165) is 12.8 Å². The molecule has 1 aromatic heterocycles. The summed E-state index contributed by atoms with van der Waals surface area (Å²) in [6, 6.07) is 20.1. The summed E-state index contributed by atoms with van der Waals surface area (Å²) in [6.07, 6.45) is 3.37. The molecule has 0 fully saturated rings. The van der Waals surface area contributed by atoms with Gasteiger partial charge in [-0.2, -0.15) is 0 Å². The Labute approximate surface area is 158 Å². The fraction of sp³-hybridized carbons (Fsp3) is 0.182. The minimum atomic E-state index is -0.266. The first-order chi connectivity index (χ1) is 13.2. The molecule has 2 N–H and O–H groups in total. The summed E-state index contributed by atoms with van der Waals surface area (Å²) in [5, 5.41) is 5.98. The summed E-state index contributed by atoms with van der Waals surface area (Å²) in [6.45, 7) is 0.913. The number of anilines is 1. The lowest BCUT2D eigenvalue weighted by Gasteiger charge is -2.09. The third kappa shape index (κ3) is 5.64. The van der Waals surface area contributed by atoms with E-state index >= 15 is 0 Å². The van der Waals surface area contributed by atoms with Crippen LogP contribution in [-0.2, 0) is 13.0 Å². The monoisotopic (exact) mass is 363 g/mol. The third-order valence-electron chi connectivity index (χ3n) is 4.21. The Morgan fingerprint density at radius 2 is 1.78 bits per heavy atom. The van der Waals surface area contributed by atoms with E-state index in [2.05, 4.69) is 27.8 Å². The van der Waals surface area contributed by atoms with Gasteiger partial charge in [0.05, 0.1) is 0 Å². The molecule has 5 heteroatoms. The Hall–Kier alpha value is -3.21. The summed E-state index contributed by atoms with van der Waals surface area (Å²) in [7, 11) is 0. The van der Waals surface area contributed by atoms with Crippen LogP contribution in [0.15, 0.2) is 72.9 Å². The van der Waals surface area contributed by atoms with Crippen molar-refractivity contribution in [3.05, 3.63) is 95.4 Å². The molecule has 3 aromatic rings. The first-order valence-corrected chi connectivity index (χ1v) is 8.98. The standard InChI is InChI=1S/C22H22FN3O/c23-20-11-5-4-10-19(20)16-26-21-15-18(12-14-24-21)22(27)25-13-6-9-17-7-2-1-3-8-17/h1-5,7-8,10-12,14-15H,6,9,13,16H2,(H,24,26)(H,25,27). The quantitative estimate of drug-likeness (QED) is 0.590. The topological polar surface area (TPSA) is 54.0 Å². The van der Waals surface area contributed by atoms with Crippen molar-refractivity contribution in [3.63, 3.8) is 0 Å². The van der Waals surface area contributed by atoms with Crippen LogP contribution in [0.2, 0.25) is 0 Å². The molecule has 0 saturated carbocycles. The highest BCUT2D eigenvalue weighted by molar-refractivity contribution is 5.94. The number of aromatic nitrogens is 1. The molecule has 0 unspecified atom stereocenters. The molecule has 2 aromatic carbocycles. The van der Waals surface area contributed by atoms with Gasteiger partial charge in [0.15, 0.2) is 0 Å². The molecule has 1 amide bonds. The first-order valence-electron chi connectivity index (χ1n) is 8.98. The fourth-order valence-corrected chi connectivity index (χ4v) is 2.74. The molecule has 138 valence electrons. The number of halogens is 1. The highest BCUT2D eigenvalue weighted by Crippen LogP contribution is 2.11. The molecule has 0 saturated heterocycles. The van der Waals surface area contributed by atoms with Crippen LogP contribution in [0.25, 0.3) is 0 Å². The zero-order valence-corrected chi connectivity index (χ0v) is 15.0. The molecule has 0 atom stereocenters. The number of benzene rings is 2. The third-order valence-corrected chi connectivity index (χ3v) is 4.21. The maximum atomic E-state index is 13.7. The van der Waals surface area contributed by atoms with Gasteiger partial charge in [-0.05, 0) is 36.6 Å². The van der Waals surface area contributed by atoms with Gasteiger partial charge in [0, 0.05) is 30.4 Å². The molecule has 0 spiro atoms. The number of amides is 1. The van der Waals surface area contributed by atoms with Crippen LogP contribution in [0, 0.1) is 5.82 Å². The lowest BCUT2D eigenvalue weighted by molar-refractivity contribution is 0.0953. The van der Waals surface area contributed by atoms with Gasteiger partial charge in [-0.1, -0.05) is 48.5 Å². The molecule has 4 nitrogen and oxygen atoms in total. The van der Waals surface area contributed by atoms with E-state index in [1.165, 1.54) is 11.6 Å². The van der Waals surface area contributed by atoms with Crippen molar-refractivity contribution in [2.24, 2.45) is 0 Å². The van der Waals surface area contributed by atoms with E-state index in [1.54, 1.807) is 36.5 Å². The Balaban J connectivity index is 1.49. The molecular weight excluding hydrogens is 341 g/mol. The van der Waals surface area contributed by atoms with Crippen LogP contribution < -0.4 is 10.6 Å². The maximum Gasteiger partial charge on any atom is 0.251 e. The van der Waals surface area contributed by atoms with E-state index < -0.39 is 0 Å². The van der Waals surface area contributed by atoms with Crippen molar-refractivity contribution < 1.29 is 9.18 Å². The molecular formula is C22H22FN3O. The van der Waals surface area contributed by atoms with Crippen molar-refractivity contribution in [1.29, 1.82) is 0 Å². The molecule has 0 aliphatic carbocycles. The molecule has 0 aliphatic rings. The summed E-state index contributed by atoms with van der Waals surface area (Å²) < 4.78 is 13.7. The fourth-order valence-electron chi connectivity index (χ4n) is 2.74. The van der Waals surface area contributed by atoms with Gasteiger partial charge in [0.25, 0.3) is 5.91 Å². The maximum absolute atomic E-state index is 13.7. The van der Waals surface area contributed by atoms with Gasteiger partial charge < -0.3 is 10.6 Å². The number of nitrogens with one attached hydrogen (secondary N) is 2. The summed E-state index contributed by atoms with van der Waals surface area (Å²) in [5.41, 5.74) is 2.34. The summed E-state index contributed by atoms with van der Waals surface area (Å²) in [4.78, 5) is 16.5. The number of aryl methyl sites for hydroxylation is 1. The lowest BCUT2D eigenvalue weighted by Crippen LogP contribution is -2.25. The van der Waals surface area contributed by atoms with Crippen LogP contribution in [0.1, 0.15) is 27.9 Å². The van der Waals surface area contributed by atoms with Crippen molar-refractivity contribution >= 4 is 11.7 Å². The SMILES string of the molecule is O=C(NCCCc1ccccc1)c1ccnc(NCc2ccccc2F)c1. The average Bonchev–Trinajstić information content (AvgIpc) is 2.71. The minimum Gasteiger partial charge on any atom is -0.366 e. The van der Waals surface area contributed by atoms with Gasteiger partial charge in [-0.3, -0.25) is 4.79 Å². The molecule has 0 bridgehead atoms. The number of hydrogen-bond donors (Lipinski definition) is 2. The number of carbonyl (C=O) groups is 1. The predicted molar refractivity (Wildman–Crippen MR) is 105 cm³/mol. The van der Waals surface area contributed by atoms with Crippen LogP contribution in [0.3, 0.4) is 0 Å². The Kier molecular flexibility index (Phi) is 6.52. The Bertz CT molecular complexity index is 883. The Morgan fingerprint density at radius 3 is 2.59 bits per heavy atom. The highest BCUT2D eigenvalue weighted by Gasteiger charge is 2.07. The zero-order chi connectivity index (χ0) is 18.9. The predicted octanol–water partition coefficient (Wildman–Crippen LogP) is 4.20. The van der Waals surface area contributed by atoms with Gasteiger partial charge in [-0.15, -0.1) is 0 Å². The molecule has 1 heterocycles. The van der Waals surface area contributed by atoms with Gasteiger partial charge >= 0.3 is 0 Å². The highest BCUT2D eigenvalue weighted by atomic mass is 19.1. The second-order valence-corrected chi connectivity index (χ2v) is 6.22. The minimum absolute atomic E-state index is 0.139. The number of nitrogens with zero attached hydrogens (tertiary/aromatic N) is 1. The second-order valence-electron chi connectivity index (χ2n) is 6.22. The van der Waals surface area contributed by atoms with Crippen LogP contribution in [0.4, 0.5) is 10.2 Å². The largest absolute Gasteiger partial charge is 0.366 e. The van der Waals surface area contributed by atoms with Gasteiger partial charge in [0.2, 0.25) is 0 Å². The molecule has 27 heavy (non-hydrogen) atoms.